The van der Waals surface area contributed by atoms with Crippen LogP contribution in [-0.2, 0) is 17.7 Å². The topological polar surface area (TPSA) is 38.3 Å². The van der Waals surface area contributed by atoms with E-state index in [1.807, 2.05) is 24.3 Å². The standard InChI is InChI=1S/C23H28FNO2/c1-2-27-23(26)20-12-11-19(13-17-7-4-3-5-8-17)22(15-20)25-16-18-9-6-10-21(24)14-18/h6,9-12,14-15,17,25H,2-5,7-8,13,16H2,1H3. The quantitative estimate of drug-likeness (QED) is 0.633. The van der Waals surface area contributed by atoms with Crippen LogP contribution in [0.2, 0.25) is 0 Å². The molecule has 1 fully saturated rings. The summed E-state index contributed by atoms with van der Waals surface area (Å²) in [6.45, 7) is 2.68. The van der Waals surface area contributed by atoms with Crippen LogP contribution in [0.1, 0.15) is 60.5 Å². The van der Waals surface area contributed by atoms with Gasteiger partial charge in [0.25, 0.3) is 0 Å². The lowest BCUT2D eigenvalue weighted by Crippen LogP contribution is -2.12. The second kappa shape index (κ2) is 9.54. The van der Waals surface area contributed by atoms with Crippen LogP contribution < -0.4 is 5.32 Å². The van der Waals surface area contributed by atoms with E-state index in [4.69, 9.17) is 4.74 Å². The molecule has 27 heavy (non-hydrogen) atoms. The van der Waals surface area contributed by atoms with Crippen molar-refractivity contribution in [1.29, 1.82) is 0 Å². The molecule has 2 aromatic rings. The van der Waals surface area contributed by atoms with E-state index in [9.17, 15) is 9.18 Å². The van der Waals surface area contributed by atoms with Crippen molar-refractivity contribution in [2.75, 3.05) is 11.9 Å². The zero-order valence-corrected chi connectivity index (χ0v) is 16.0. The Bertz CT molecular complexity index is 769. The van der Waals surface area contributed by atoms with E-state index in [1.165, 1.54) is 49.8 Å². The predicted molar refractivity (Wildman–Crippen MR) is 106 cm³/mol. The summed E-state index contributed by atoms with van der Waals surface area (Å²) in [6, 6.07) is 12.3. The first-order valence-corrected chi connectivity index (χ1v) is 9.94. The number of carbonyl (C=O) groups excluding carboxylic acids is 1. The molecule has 3 nitrogen and oxygen atoms in total. The molecular weight excluding hydrogens is 341 g/mol. The van der Waals surface area contributed by atoms with Gasteiger partial charge in [-0.3, -0.25) is 0 Å². The van der Waals surface area contributed by atoms with Crippen LogP contribution in [0.3, 0.4) is 0 Å². The molecule has 0 atom stereocenters. The van der Waals surface area contributed by atoms with E-state index in [0.29, 0.717) is 24.6 Å². The van der Waals surface area contributed by atoms with Gasteiger partial charge < -0.3 is 10.1 Å². The summed E-state index contributed by atoms with van der Waals surface area (Å²) in [6.07, 6.45) is 7.48. The molecule has 1 N–H and O–H groups in total. The molecule has 1 aliphatic carbocycles. The smallest absolute Gasteiger partial charge is 0.338 e. The van der Waals surface area contributed by atoms with Gasteiger partial charge in [-0.1, -0.05) is 50.3 Å². The fourth-order valence-corrected chi connectivity index (χ4v) is 3.81. The van der Waals surface area contributed by atoms with E-state index < -0.39 is 0 Å². The van der Waals surface area contributed by atoms with Crippen LogP contribution in [0.5, 0.6) is 0 Å². The third-order valence-electron chi connectivity index (χ3n) is 5.23. The van der Waals surface area contributed by atoms with Crippen molar-refractivity contribution in [2.45, 2.75) is 52.0 Å². The van der Waals surface area contributed by atoms with Crippen molar-refractivity contribution in [1.82, 2.24) is 0 Å². The molecule has 2 aromatic carbocycles. The number of carbonyl (C=O) groups is 1. The summed E-state index contributed by atoms with van der Waals surface area (Å²) < 4.78 is 18.6. The molecular formula is C23H28FNO2. The molecule has 3 rings (SSSR count). The number of nitrogens with one attached hydrogen (secondary N) is 1. The molecule has 0 bridgehead atoms. The summed E-state index contributed by atoms with van der Waals surface area (Å²) in [5, 5.41) is 3.41. The minimum Gasteiger partial charge on any atom is -0.462 e. The molecule has 0 aromatic heterocycles. The highest BCUT2D eigenvalue weighted by Gasteiger charge is 2.17. The van der Waals surface area contributed by atoms with Crippen molar-refractivity contribution in [3.8, 4) is 0 Å². The maximum atomic E-state index is 13.4. The van der Waals surface area contributed by atoms with Crippen LogP contribution in [0.15, 0.2) is 42.5 Å². The van der Waals surface area contributed by atoms with Crippen molar-refractivity contribution in [3.63, 3.8) is 0 Å². The van der Waals surface area contributed by atoms with Crippen LogP contribution >= 0.6 is 0 Å². The monoisotopic (exact) mass is 369 g/mol. The normalized spacial score (nSPS) is 14.7. The minimum atomic E-state index is -0.310. The number of hydrogen-bond donors (Lipinski definition) is 1. The molecule has 0 spiro atoms. The van der Waals surface area contributed by atoms with Gasteiger partial charge in [0.2, 0.25) is 0 Å². The Labute approximate surface area is 160 Å². The summed E-state index contributed by atoms with van der Waals surface area (Å²) in [5.41, 5.74) is 3.58. The zero-order valence-electron chi connectivity index (χ0n) is 16.0. The molecule has 0 radical (unpaired) electrons. The number of anilines is 1. The van der Waals surface area contributed by atoms with Crippen LogP contribution in [-0.4, -0.2) is 12.6 Å². The number of ether oxygens (including phenoxy) is 1. The number of esters is 1. The van der Waals surface area contributed by atoms with Crippen LogP contribution in [0.25, 0.3) is 0 Å². The van der Waals surface area contributed by atoms with Gasteiger partial charge in [-0.25, -0.2) is 9.18 Å². The molecule has 1 aliphatic rings. The number of benzene rings is 2. The highest BCUT2D eigenvalue weighted by Crippen LogP contribution is 2.30. The SMILES string of the molecule is CCOC(=O)c1ccc(CC2CCCCC2)c(NCc2cccc(F)c2)c1. The van der Waals surface area contributed by atoms with Gasteiger partial charge in [0.05, 0.1) is 12.2 Å². The summed E-state index contributed by atoms with van der Waals surface area (Å²) in [5.74, 6) is 0.148. The average molecular weight is 369 g/mol. The van der Waals surface area contributed by atoms with Gasteiger partial charge in [0.15, 0.2) is 0 Å². The van der Waals surface area contributed by atoms with Gasteiger partial charge in [0, 0.05) is 12.2 Å². The fourth-order valence-electron chi connectivity index (χ4n) is 3.81. The third-order valence-corrected chi connectivity index (χ3v) is 5.23. The first kappa shape index (κ1) is 19.4. The molecule has 1 saturated carbocycles. The van der Waals surface area contributed by atoms with Gasteiger partial charge in [-0.2, -0.15) is 0 Å². The molecule has 0 saturated heterocycles. The van der Waals surface area contributed by atoms with Crippen molar-refractivity contribution >= 4 is 11.7 Å². The lowest BCUT2D eigenvalue weighted by atomic mass is 9.84. The summed E-state index contributed by atoms with van der Waals surface area (Å²) in [4.78, 5) is 12.1. The van der Waals surface area contributed by atoms with Gasteiger partial charge in [0.1, 0.15) is 5.82 Å². The van der Waals surface area contributed by atoms with Crippen LogP contribution in [0.4, 0.5) is 10.1 Å². The predicted octanol–water partition coefficient (Wildman–Crippen LogP) is 5.74. The van der Waals surface area contributed by atoms with E-state index in [0.717, 1.165) is 17.7 Å². The Kier molecular flexibility index (Phi) is 6.86. The highest BCUT2D eigenvalue weighted by molar-refractivity contribution is 5.90. The van der Waals surface area contributed by atoms with E-state index in [-0.39, 0.29) is 11.8 Å². The fraction of sp³-hybridized carbons (Fsp3) is 0.435. The molecule has 144 valence electrons. The Morgan fingerprint density at radius 3 is 2.70 bits per heavy atom. The van der Waals surface area contributed by atoms with Crippen molar-refractivity contribution < 1.29 is 13.9 Å². The third kappa shape index (κ3) is 5.56. The molecule has 0 aliphatic heterocycles. The highest BCUT2D eigenvalue weighted by atomic mass is 19.1. The first-order chi connectivity index (χ1) is 13.2. The second-order valence-electron chi connectivity index (χ2n) is 7.28. The van der Waals surface area contributed by atoms with Gasteiger partial charge in [-0.05, 0) is 54.7 Å². The van der Waals surface area contributed by atoms with Gasteiger partial charge in [-0.15, -0.1) is 0 Å². The minimum absolute atomic E-state index is 0.239. The maximum Gasteiger partial charge on any atom is 0.338 e. The zero-order chi connectivity index (χ0) is 19.1. The largest absolute Gasteiger partial charge is 0.462 e. The van der Waals surface area contributed by atoms with Crippen molar-refractivity contribution in [3.05, 3.63) is 65.0 Å². The first-order valence-electron chi connectivity index (χ1n) is 9.94. The van der Waals surface area contributed by atoms with E-state index in [1.54, 1.807) is 13.0 Å². The van der Waals surface area contributed by atoms with Crippen molar-refractivity contribution in [2.24, 2.45) is 5.92 Å². The number of rotatable bonds is 7. The van der Waals surface area contributed by atoms with E-state index >= 15 is 0 Å². The summed E-state index contributed by atoms with van der Waals surface area (Å²) >= 11 is 0. The van der Waals surface area contributed by atoms with Gasteiger partial charge >= 0.3 is 5.97 Å². The molecule has 0 unspecified atom stereocenters. The maximum absolute atomic E-state index is 13.4. The Morgan fingerprint density at radius 1 is 1.15 bits per heavy atom. The summed E-state index contributed by atoms with van der Waals surface area (Å²) in [7, 11) is 0. The number of hydrogen-bond acceptors (Lipinski definition) is 3. The Balaban J connectivity index is 1.79. The van der Waals surface area contributed by atoms with Crippen LogP contribution in [0, 0.1) is 11.7 Å². The lowest BCUT2D eigenvalue weighted by Gasteiger charge is -2.23. The molecule has 0 heterocycles. The lowest BCUT2D eigenvalue weighted by molar-refractivity contribution is 0.0526. The van der Waals surface area contributed by atoms with E-state index in [2.05, 4.69) is 5.32 Å². The molecule has 4 heteroatoms. The Hall–Kier alpha value is -2.36. The Morgan fingerprint density at radius 2 is 1.96 bits per heavy atom. The number of halogens is 1. The molecule has 0 amide bonds. The second-order valence-corrected chi connectivity index (χ2v) is 7.28. The average Bonchev–Trinajstić information content (AvgIpc) is 2.68.